The van der Waals surface area contributed by atoms with Crippen molar-refractivity contribution in [3.8, 4) is 0 Å². The van der Waals surface area contributed by atoms with Gasteiger partial charge >= 0.3 is 6.01 Å². The third kappa shape index (κ3) is 3.14. The molecular formula is C11H19N3OS. The van der Waals surface area contributed by atoms with Crippen molar-refractivity contribution in [2.75, 3.05) is 11.1 Å². The Morgan fingerprint density at radius 1 is 1.38 bits per heavy atom. The summed E-state index contributed by atoms with van der Waals surface area (Å²) in [7, 11) is 0. The van der Waals surface area contributed by atoms with E-state index in [0.29, 0.717) is 11.3 Å². The summed E-state index contributed by atoms with van der Waals surface area (Å²) in [6, 6.07) is 0.536. The zero-order chi connectivity index (χ0) is 11.6. The van der Waals surface area contributed by atoms with Crippen LogP contribution in [0.2, 0.25) is 0 Å². The van der Waals surface area contributed by atoms with E-state index in [-0.39, 0.29) is 5.54 Å². The summed E-state index contributed by atoms with van der Waals surface area (Å²) in [4.78, 5) is 4.41. The smallest absolute Gasteiger partial charge is 0.321 e. The number of hydrogen-bond acceptors (Lipinski definition) is 5. The first kappa shape index (κ1) is 11.8. The van der Waals surface area contributed by atoms with E-state index >= 15 is 0 Å². The molecule has 1 aliphatic rings. The monoisotopic (exact) mass is 241 g/mol. The topological polar surface area (TPSA) is 51.0 Å². The highest BCUT2D eigenvalue weighted by Crippen LogP contribution is 2.37. The Bertz CT molecular complexity index is 339. The number of hydrogen-bond donors (Lipinski definition) is 1. The zero-order valence-corrected chi connectivity index (χ0v) is 10.9. The van der Waals surface area contributed by atoms with Gasteiger partial charge < -0.3 is 9.84 Å². The summed E-state index contributed by atoms with van der Waals surface area (Å²) in [6.07, 6.45) is 3.75. The van der Waals surface area contributed by atoms with Crippen LogP contribution >= 0.6 is 11.8 Å². The van der Waals surface area contributed by atoms with Gasteiger partial charge in [0.15, 0.2) is 5.82 Å². The molecule has 1 fully saturated rings. The fourth-order valence-corrected chi connectivity index (χ4v) is 2.92. The lowest BCUT2D eigenvalue weighted by atomic mass is 10.1. The minimum absolute atomic E-state index is 0.0382. The van der Waals surface area contributed by atoms with Crippen LogP contribution < -0.4 is 5.32 Å². The number of anilines is 1. The van der Waals surface area contributed by atoms with E-state index in [2.05, 4.69) is 36.2 Å². The van der Waals surface area contributed by atoms with Crippen molar-refractivity contribution in [1.29, 1.82) is 0 Å². The van der Waals surface area contributed by atoms with Crippen molar-refractivity contribution in [2.24, 2.45) is 0 Å². The number of nitrogens with zero attached hydrogens (tertiary/aromatic N) is 2. The molecule has 0 radical (unpaired) electrons. The van der Waals surface area contributed by atoms with Crippen molar-refractivity contribution < 1.29 is 4.52 Å². The molecule has 0 bridgehead atoms. The highest BCUT2D eigenvalue weighted by molar-refractivity contribution is 7.99. The van der Waals surface area contributed by atoms with Crippen molar-refractivity contribution >= 4 is 17.8 Å². The first-order valence-corrected chi connectivity index (χ1v) is 6.83. The second-order valence-electron chi connectivity index (χ2n) is 5.19. The first-order valence-electron chi connectivity index (χ1n) is 5.78. The third-order valence-corrected chi connectivity index (χ3v) is 3.76. The maximum Gasteiger partial charge on any atom is 0.321 e. The molecule has 1 aromatic rings. The standard InChI is InChI=1S/C11H19N3OS/c1-11(2,3)13-10-12-9(14-15-10)8-6-4-5-7-16-8/h8H,4-7H2,1-3H3,(H,12,13,14). The normalized spacial score (nSPS) is 22.1. The van der Waals surface area contributed by atoms with Gasteiger partial charge in [0.25, 0.3) is 0 Å². The zero-order valence-electron chi connectivity index (χ0n) is 10.1. The fraction of sp³-hybridized carbons (Fsp3) is 0.818. The van der Waals surface area contributed by atoms with Gasteiger partial charge in [0, 0.05) is 5.54 Å². The summed E-state index contributed by atoms with van der Waals surface area (Å²) in [5.74, 6) is 2.05. The Morgan fingerprint density at radius 2 is 2.19 bits per heavy atom. The predicted molar refractivity (Wildman–Crippen MR) is 66.7 cm³/mol. The number of rotatable bonds is 2. The molecule has 1 atom stereocenters. The van der Waals surface area contributed by atoms with Crippen LogP contribution in [0.5, 0.6) is 0 Å². The highest BCUT2D eigenvalue weighted by Gasteiger charge is 2.22. The number of nitrogens with one attached hydrogen (secondary N) is 1. The van der Waals surface area contributed by atoms with Gasteiger partial charge in [0.1, 0.15) is 0 Å². The van der Waals surface area contributed by atoms with Crippen LogP contribution in [-0.4, -0.2) is 21.4 Å². The lowest BCUT2D eigenvalue weighted by Gasteiger charge is -2.18. The Balaban J connectivity index is 2.01. The molecule has 0 saturated carbocycles. The van der Waals surface area contributed by atoms with Gasteiger partial charge in [-0.3, -0.25) is 0 Å². The average Bonchev–Trinajstić information content (AvgIpc) is 2.65. The van der Waals surface area contributed by atoms with E-state index in [0.717, 1.165) is 5.82 Å². The summed E-state index contributed by atoms with van der Waals surface area (Å²) in [5.41, 5.74) is -0.0382. The van der Waals surface area contributed by atoms with Crippen LogP contribution in [0.3, 0.4) is 0 Å². The van der Waals surface area contributed by atoms with Crippen LogP contribution in [-0.2, 0) is 0 Å². The van der Waals surface area contributed by atoms with Gasteiger partial charge in [-0.25, -0.2) is 0 Å². The summed E-state index contributed by atoms with van der Waals surface area (Å²) < 4.78 is 5.21. The molecular weight excluding hydrogens is 222 g/mol. The molecule has 4 nitrogen and oxygen atoms in total. The van der Waals surface area contributed by atoms with E-state index < -0.39 is 0 Å². The third-order valence-electron chi connectivity index (χ3n) is 2.39. The highest BCUT2D eigenvalue weighted by atomic mass is 32.2. The number of thioether (sulfide) groups is 1. The Morgan fingerprint density at radius 3 is 2.81 bits per heavy atom. The minimum atomic E-state index is -0.0382. The molecule has 1 aromatic heterocycles. The molecule has 90 valence electrons. The second-order valence-corrected chi connectivity index (χ2v) is 6.50. The summed E-state index contributed by atoms with van der Waals surface area (Å²) in [6.45, 7) is 6.23. The first-order chi connectivity index (χ1) is 7.54. The Hall–Kier alpha value is -0.710. The SMILES string of the molecule is CC(C)(C)Nc1nc(C2CCCCS2)no1. The Labute approximate surface area is 101 Å². The molecule has 1 unspecified atom stereocenters. The van der Waals surface area contributed by atoms with E-state index in [1.807, 2.05) is 11.8 Å². The molecule has 0 amide bonds. The molecule has 0 aliphatic carbocycles. The molecule has 5 heteroatoms. The molecule has 2 rings (SSSR count). The van der Waals surface area contributed by atoms with Crippen molar-refractivity contribution in [1.82, 2.24) is 10.1 Å². The van der Waals surface area contributed by atoms with Crippen LogP contribution in [0.1, 0.15) is 51.1 Å². The van der Waals surface area contributed by atoms with E-state index in [4.69, 9.17) is 4.52 Å². The molecule has 16 heavy (non-hydrogen) atoms. The molecule has 0 aromatic carbocycles. The maximum absolute atomic E-state index is 5.21. The lowest BCUT2D eigenvalue weighted by molar-refractivity contribution is 0.410. The summed E-state index contributed by atoms with van der Waals surface area (Å²) >= 11 is 1.93. The van der Waals surface area contributed by atoms with Gasteiger partial charge in [0.05, 0.1) is 5.25 Å². The number of aromatic nitrogens is 2. The average molecular weight is 241 g/mol. The fourth-order valence-electron chi connectivity index (χ4n) is 1.68. The molecule has 0 spiro atoms. The molecule has 1 aliphatic heterocycles. The van der Waals surface area contributed by atoms with Crippen LogP contribution in [0.25, 0.3) is 0 Å². The van der Waals surface area contributed by atoms with E-state index in [9.17, 15) is 0 Å². The second kappa shape index (κ2) is 4.65. The maximum atomic E-state index is 5.21. The van der Waals surface area contributed by atoms with Crippen LogP contribution in [0, 0.1) is 0 Å². The van der Waals surface area contributed by atoms with Gasteiger partial charge in [-0.2, -0.15) is 16.7 Å². The summed E-state index contributed by atoms with van der Waals surface area (Å²) in [5, 5.41) is 7.67. The molecule has 1 saturated heterocycles. The van der Waals surface area contributed by atoms with Gasteiger partial charge in [-0.15, -0.1) is 0 Å². The van der Waals surface area contributed by atoms with Crippen molar-refractivity contribution in [3.63, 3.8) is 0 Å². The Kier molecular flexibility index (Phi) is 3.42. The van der Waals surface area contributed by atoms with Crippen LogP contribution in [0.15, 0.2) is 4.52 Å². The largest absolute Gasteiger partial charge is 0.333 e. The molecule has 2 heterocycles. The van der Waals surface area contributed by atoms with E-state index in [1.165, 1.54) is 25.0 Å². The van der Waals surface area contributed by atoms with Crippen molar-refractivity contribution in [2.45, 2.75) is 50.8 Å². The lowest BCUT2D eigenvalue weighted by Crippen LogP contribution is -2.26. The van der Waals surface area contributed by atoms with Crippen LogP contribution in [0.4, 0.5) is 6.01 Å². The van der Waals surface area contributed by atoms with Gasteiger partial charge in [-0.05, 0) is 39.4 Å². The van der Waals surface area contributed by atoms with Crippen molar-refractivity contribution in [3.05, 3.63) is 5.82 Å². The van der Waals surface area contributed by atoms with E-state index in [1.54, 1.807) is 0 Å². The quantitative estimate of drug-likeness (QED) is 0.861. The van der Waals surface area contributed by atoms with Gasteiger partial charge in [0.2, 0.25) is 0 Å². The predicted octanol–water partition coefficient (Wildman–Crippen LogP) is 3.24. The van der Waals surface area contributed by atoms with Gasteiger partial charge in [-0.1, -0.05) is 11.6 Å². The minimum Gasteiger partial charge on any atom is -0.333 e. The molecule has 1 N–H and O–H groups in total.